The summed E-state index contributed by atoms with van der Waals surface area (Å²) in [5, 5.41) is 16.8. The monoisotopic (exact) mass is 545 g/mol. The molecule has 0 amide bonds. The molecule has 0 radical (unpaired) electrons. The van der Waals surface area contributed by atoms with Crippen LogP contribution in [-0.4, -0.2) is 51.2 Å². The highest BCUT2D eigenvalue weighted by atomic mass is 79.9. The van der Waals surface area contributed by atoms with Crippen molar-refractivity contribution in [3.8, 4) is 0 Å². The molecule has 6 nitrogen and oxygen atoms in total. The van der Waals surface area contributed by atoms with Crippen LogP contribution in [0.15, 0.2) is 95.0 Å². The van der Waals surface area contributed by atoms with Gasteiger partial charge in [-0.3, -0.25) is 0 Å². The Bertz CT molecular complexity index is 1310. The Morgan fingerprint density at radius 2 is 2.00 bits per heavy atom. The average molecular weight is 547 g/mol. The van der Waals surface area contributed by atoms with E-state index in [1.807, 2.05) is 69.6 Å². The summed E-state index contributed by atoms with van der Waals surface area (Å²) in [5.74, 6) is 0.550. The number of aromatic nitrogens is 3. The van der Waals surface area contributed by atoms with E-state index in [1.54, 1.807) is 11.0 Å². The van der Waals surface area contributed by atoms with E-state index in [4.69, 9.17) is 4.99 Å². The van der Waals surface area contributed by atoms with Gasteiger partial charge >= 0.3 is 0 Å². The molecule has 1 unspecified atom stereocenters. The molecule has 1 aliphatic carbocycles. The SMILES string of the molecule is C=C(C(=Nc1c(C)cc(Br)cc1C(O)(CCN(C)C)C1=CCCC=C1)n1cncn1)c1ccccc1. The van der Waals surface area contributed by atoms with Crippen molar-refractivity contribution in [1.82, 2.24) is 19.7 Å². The maximum absolute atomic E-state index is 12.4. The first-order valence-electron chi connectivity index (χ1n) is 12.0. The van der Waals surface area contributed by atoms with Gasteiger partial charge in [0.1, 0.15) is 18.3 Å². The number of halogens is 1. The Balaban J connectivity index is 1.94. The highest BCUT2D eigenvalue weighted by Gasteiger charge is 2.36. The van der Waals surface area contributed by atoms with Gasteiger partial charge < -0.3 is 10.0 Å². The summed E-state index contributed by atoms with van der Waals surface area (Å²) in [5.41, 5.74) is 3.69. The van der Waals surface area contributed by atoms with Gasteiger partial charge in [-0.05, 0) is 69.1 Å². The first-order chi connectivity index (χ1) is 17.3. The Hall–Kier alpha value is -3.13. The molecule has 0 saturated carbocycles. The molecule has 7 heteroatoms. The van der Waals surface area contributed by atoms with Crippen molar-refractivity contribution in [3.63, 3.8) is 0 Å². The molecule has 4 rings (SSSR count). The zero-order valence-electron chi connectivity index (χ0n) is 21.0. The summed E-state index contributed by atoms with van der Waals surface area (Å²) in [7, 11) is 4.03. The van der Waals surface area contributed by atoms with E-state index in [2.05, 4.69) is 49.6 Å². The van der Waals surface area contributed by atoms with Crippen LogP contribution in [0.3, 0.4) is 0 Å². The van der Waals surface area contributed by atoms with Crippen LogP contribution >= 0.6 is 15.9 Å². The van der Waals surface area contributed by atoms with Crippen LogP contribution in [0.25, 0.3) is 5.57 Å². The van der Waals surface area contributed by atoms with E-state index in [9.17, 15) is 5.11 Å². The van der Waals surface area contributed by atoms with Crippen molar-refractivity contribution in [3.05, 3.63) is 107 Å². The fourth-order valence-corrected chi connectivity index (χ4v) is 4.96. The number of aryl methyl sites for hydroxylation is 1. The lowest BCUT2D eigenvalue weighted by molar-refractivity contribution is 0.0620. The maximum atomic E-state index is 12.4. The zero-order chi connectivity index (χ0) is 25.7. The van der Waals surface area contributed by atoms with Crippen LogP contribution in [-0.2, 0) is 5.60 Å². The summed E-state index contributed by atoms with van der Waals surface area (Å²) in [4.78, 5) is 11.4. The third-order valence-electron chi connectivity index (χ3n) is 6.35. The molecule has 0 fully saturated rings. The topological polar surface area (TPSA) is 66.5 Å². The van der Waals surface area contributed by atoms with E-state index < -0.39 is 5.60 Å². The molecule has 186 valence electrons. The Morgan fingerprint density at radius 3 is 2.64 bits per heavy atom. The Labute approximate surface area is 221 Å². The molecule has 3 aromatic rings. The summed E-state index contributed by atoms with van der Waals surface area (Å²) in [6.07, 6.45) is 11.8. The molecular formula is C29H32BrN5O. The minimum Gasteiger partial charge on any atom is -0.380 e. The van der Waals surface area contributed by atoms with E-state index in [0.29, 0.717) is 30.1 Å². The molecule has 1 N–H and O–H groups in total. The van der Waals surface area contributed by atoms with Gasteiger partial charge in [0.05, 0.1) is 5.69 Å². The standard InChI is InChI=1S/C29H32BrN5O/c1-21-17-25(30)18-26(29(36,15-16-34(3)4)24-13-9-6-10-14-24)27(21)33-28(35-20-31-19-32-35)22(2)23-11-7-5-8-12-23/h5,7-9,11-14,17-20,36H,2,6,10,15-16H2,1,3-4H3. The van der Waals surface area contributed by atoms with Gasteiger partial charge in [0.2, 0.25) is 0 Å². The molecule has 1 aliphatic rings. The lowest BCUT2D eigenvalue weighted by Crippen LogP contribution is -2.33. The number of aliphatic imine (C=N–C) groups is 1. The predicted molar refractivity (Wildman–Crippen MR) is 150 cm³/mol. The van der Waals surface area contributed by atoms with Crippen LogP contribution in [0, 0.1) is 6.92 Å². The summed E-state index contributed by atoms with van der Waals surface area (Å²) in [6.45, 7) is 7.07. The fraction of sp³-hybridized carbons (Fsp3) is 0.276. The lowest BCUT2D eigenvalue weighted by atomic mass is 9.79. The molecule has 0 bridgehead atoms. The second-order valence-electron chi connectivity index (χ2n) is 9.29. The first kappa shape index (κ1) is 25.9. The van der Waals surface area contributed by atoms with Crippen molar-refractivity contribution >= 4 is 33.0 Å². The molecule has 0 spiro atoms. The van der Waals surface area contributed by atoms with Crippen molar-refractivity contribution in [2.75, 3.05) is 20.6 Å². The van der Waals surface area contributed by atoms with Crippen LogP contribution in [0.1, 0.15) is 36.0 Å². The number of allylic oxidation sites excluding steroid dienone is 3. The minimum absolute atomic E-state index is 0.521. The van der Waals surface area contributed by atoms with Gasteiger partial charge in [-0.15, -0.1) is 0 Å². The number of rotatable bonds is 8. The number of hydrogen-bond donors (Lipinski definition) is 1. The number of benzene rings is 2. The Morgan fingerprint density at radius 1 is 1.22 bits per heavy atom. The van der Waals surface area contributed by atoms with E-state index in [-0.39, 0.29) is 0 Å². The zero-order valence-corrected chi connectivity index (χ0v) is 22.6. The molecule has 1 atom stereocenters. The van der Waals surface area contributed by atoms with Crippen LogP contribution in [0.2, 0.25) is 0 Å². The highest BCUT2D eigenvalue weighted by molar-refractivity contribution is 9.10. The van der Waals surface area contributed by atoms with E-state index >= 15 is 0 Å². The molecule has 1 aromatic heterocycles. The van der Waals surface area contributed by atoms with Crippen molar-refractivity contribution in [2.24, 2.45) is 4.99 Å². The number of aliphatic hydroxyl groups is 1. The molecule has 36 heavy (non-hydrogen) atoms. The minimum atomic E-state index is -1.23. The normalized spacial score (nSPS) is 15.6. The molecule has 0 aliphatic heterocycles. The molecule has 2 aromatic carbocycles. The van der Waals surface area contributed by atoms with Gasteiger partial charge in [0.25, 0.3) is 0 Å². The second kappa shape index (κ2) is 11.3. The summed E-state index contributed by atoms with van der Waals surface area (Å²) in [6, 6.07) is 13.9. The van der Waals surface area contributed by atoms with Crippen LogP contribution < -0.4 is 0 Å². The van der Waals surface area contributed by atoms with Gasteiger partial charge in [0.15, 0.2) is 5.84 Å². The van der Waals surface area contributed by atoms with Crippen molar-refractivity contribution in [2.45, 2.75) is 31.8 Å². The molecule has 0 saturated heterocycles. The quantitative estimate of drug-likeness (QED) is 0.276. The summed E-state index contributed by atoms with van der Waals surface area (Å²) >= 11 is 3.66. The average Bonchev–Trinajstić information content (AvgIpc) is 3.42. The van der Waals surface area contributed by atoms with Crippen molar-refractivity contribution < 1.29 is 5.11 Å². The lowest BCUT2D eigenvalue weighted by Gasteiger charge is -2.34. The fourth-order valence-electron chi connectivity index (χ4n) is 4.39. The van der Waals surface area contributed by atoms with E-state index in [1.165, 1.54) is 6.33 Å². The smallest absolute Gasteiger partial charge is 0.163 e. The van der Waals surface area contributed by atoms with Crippen LogP contribution in [0.4, 0.5) is 5.69 Å². The van der Waals surface area contributed by atoms with Gasteiger partial charge in [-0.25, -0.2) is 14.7 Å². The number of nitrogens with zero attached hydrogens (tertiary/aromatic N) is 5. The first-order valence-corrected chi connectivity index (χ1v) is 12.8. The largest absolute Gasteiger partial charge is 0.380 e. The second-order valence-corrected chi connectivity index (χ2v) is 10.2. The van der Waals surface area contributed by atoms with Gasteiger partial charge in [0, 0.05) is 22.2 Å². The molecule has 1 heterocycles. The van der Waals surface area contributed by atoms with Crippen molar-refractivity contribution in [1.29, 1.82) is 0 Å². The third-order valence-corrected chi connectivity index (χ3v) is 6.81. The maximum Gasteiger partial charge on any atom is 0.163 e. The van der Waals surface area contributed by atoms with Crippen LogP contribution in [0.5, 0.6) is 0 Å². The third kappa shape index (κ3) is 5.64. The predicted octanol–water partition coefficient (Wildman–Crippen LogP) is 6.06. The Kier molecular flexibility index (Phi) is 8.14. The van der Waals surface area contributed by atoms with Gasteiger partial charge in [-0.2, -0.15) is 5.10 Å². The number of hydrogen-bond acceptors (Lipinski definition) is 5. The molecular weight excluding hydrogens is 514 g/mol. The van der Waals surface area contributed by atoms with Gasteiger partial charge in [-0.1, -0.05) is 71.1 Å². The summed E-state index contributed by atoms with van der Waals surface area (Å²) < 4.78 is 2.51. The van der Waals surface area contributed by atoms with E-state index in [0.717, 1.165) is 39.6 Å². The highest BCUT2D eigenvalue weighted by Crippen LogP contribution is 2.43.